The fourth-order valence-corrected chi connectivity index (χ4v) is 8.25. The predicted octanol–water partition coefficient (Wildman–Crippen LogP) is 5.15. The van der Waals surface area contributed by atoms with Crippen LogP contribution < -0.4 is 0 Å². The monoisotopic (exact) mass is 354 g/mol. The summed E-state index contributed by atoms with van der Waals surface area (Å²) in [5.74, 6) is 3.60. The van der Waals surface area contributed by atoms with Crippen LogP contribution in [0.25, 0.3) is 0 Å². The standard InChI is InChI=1S/C19H31BrO/c1-18-9-4-3-5-12(18)6-7-13-14(18)8-10-19(2)15(13)11-16(20)17(19)21/h12-17,21H,3-11H2,1-2H3/t12-,13-,14+,15+,16-,17-,18+,19+/m1/s1. The van der Waals surface area contributed by atoms with Crippen LogP contribution in [0.4, 0.5) is 0 Å². The van der Waals surface area contributed by atoms with E-state index >= 15 is 0 Å². The number of hydrogen-bond acceptors (Lipinski definition) is 1. The topological polar surface area (TPSA) is 20.2 Å². The Hall–Kier alpha value is 0.440. The van der Waals surface area contributed by atoms with Gasteiger partial charge in [0.25, 0.3) is 0 Å². The highest BCUT2D eigenvalue weighted by atomic mass is 79.9. The van der Waals surface area contributed by atoms with Crippen molar-refractivity contribution in [3.05, 3.63) is 0 Å². The molecule has 0 saturated heterocycles. The second-order valence-corrected chi connectivity index (χ2v) is 10.3. The summed E-state index contributed by atoms with van der Waals surface area (Å²) >= 11 is 3.78. The highest BCUT2D eigenvalue weighted by Crippen LogP contribution is 2.66. The van der Waals surface area contributed by atoms with Gasteiger partial charge >= 0.3 is 0 Å². The third-order valence-electron chi connectivity index (χ3n) is 8.52. The molecule has 4 rings (SSSR count). The summed E-state index contributed by atoms with van der Waals surface area (Å²) in [6, 6.07) is 0. The van der Waals surface area contributed by atoms with Crippen LogP contribution in [-0.2, 0) is 0 Å². The van der Waals surface area contributed by atoms with Gasteiger partial charge in [-0.1, -0.05) is 42.6 Å². The Morgan fingerprint density at radius 1 is 0.905 bits per heavy atom. The summed E-state index contributed by atoms with van der Waals surface area (Å²) < 4.78 is 0. The van der Waals surface area contributed by atoms with E-state index in [1.165, 1.54) is 57.8 Å². The number of aliphatic hydroxyl groups is 1. The maximum absolute atomic E-state index is 10.7. The van der Waals surface area contributed by atoms with Crippen LogP contribution in [0.3, 0.4) is 0 Å². The van der Waals surface area contributed by atoms with E-state index in [9.17, 15) is 5.11 Å². The Morgan fingerprint density at radius 3 is 2.52 bits per heavy atom. The highest BCUT2D eigenvalue weighted by molar-refractivity contribution is 9.09. The minimum Gasteiger partial charge on any atom is -0.391 e. The first-order valence-corrected chi connectivity index (χ1v) is 10.2. The molecule has 0 heterocycles. The van der Waals surface area contributed by atoms with E-state index in [0.29, 0.717) is 10.2 Å². The molecule has 0 aromatic carbocycles. The van der Waals surface area contributed by atoms with Crippen molar-refractivity contribution in [1.82, 2.24) is 0 Å². The first kappa shape index (κ1) is 15.0. The van der Waals surface area contributed by atoms with Crippen LogP contribution >= 0.6 is 15.9 Å². The van der Waals surface area contributed by atoms with Crippen molar-refractivity contribution in [1.29, 1.82) is 0 Å². The summed E-state index contributed by atoms with van der Waals surface area (Å²) in [7, 11) is 0. The van der Waals surface area contributed by atoms with Crippen molar-refractivity contribution >= 4 is 15.9 Å². The Kier molecular flexibility index (Phi) is 3.55. The van der Waals surface area contributed by atoms with Crippen molar-refractivity contribution in [3.63, 3.8) is 0 Å². The molecule has 2 heteroatoms. The molecule has 4 saturated carbocycles. The van der Waals surface area contributed by atoms with Gasteiger partial charge in [0.15, 0.2) is 0 Å². The molecule has 1 N–H and O–H groups in total. The van der Waals surface area contributed by atoms with Gasteiger partial charge in [0, 0.05) is 4.83 Å². The number of fused-ring (bicyclic) bond motifs is 5. The summed E-state index contributed by atoms with van der Waals surface area (Å²) in [6.07, 6.45) is 12.5. The van der Waals surface area contributed by atoms with Crippen LogP contribution in [0.2, 0.25) is 0 Å². The molecule has 4 aliphatic carbocycles. The first-order chi connectivity index (χ1) is 9.97. The molecule has 0 spiro atoms. The number of hydrogen-bond donors (Lipinski definition) is 1. The Bertz CT molecular complexity index is 424. The SMILES string of the molecule is C[C@]12CCCC[C@@H]1CC[C@@H]1[C@@H]2CC[C@]2(C)[C@H](O)[C@H](Br)C[C@@H]12. The fourth-order valence-electron chi connectivity index (χ4n) is 7.24. The molecular formula is C19H31BrO. The second kappa shape index (κ2) is 4.97. The smallest absolute Gasteiger partial charge is 0.0721 e. The van der Waals surface area contributed by atoms with Gasteiger partial charge in [-0.2, -0.15) is 0 Å². The lowest BCUT2D eigenvalue weighted by Gasteiger charge is -2.60. The molecule has 4 fully saturated rings. The van der Waals surface area contributed by atoms with E-state index in [0.717, 1.165) is 23.7 Å². The Labute approximate surface area is 138 Å². The lowest BCUT2D eigenvalue weighted by atomic mass is 9.45. The van der Waals surface area contributed by atoms with E-state index in [2.05, 4.69) is 29.8 Å². The van der Waals surface area contributed by atoms with Crippen LogP contribution in [0.15, 0.2) is 0 Å². The molecule has 0 aromatic heterocycles. The van der Waals surface area contributed by atoms with Crippen molar-refractivity contribution < 1.29 is 5.11 Å². The summed E-state index contributed by atoms with van der Waals surface area (Å²) in [5.41, 5.74) is 0.811. The van der Waals surface area contributed by atoms with Crippen molar-refractivity contribution in [2.24, 2.45) is 34.5 Å². The Balaban J connectivity index is 1.65. The summed E-state index contributed by atoms with van der Waals surface area (Å²) in [6.45, 7) is 5.02. The van der Waals surface area contributed by atoms with E-state index < -0.39 is 0 Å². The molecule has 0 radical (unpaired) electrons. The molecule has 0 aromatic rings. The number of aliphatic hydroxyl groups excluding tert-OH is 1. The van der Waals surface area contributed by atoms with E-state index in [-0.39, 0.29) is 11.5 Å². The summed E-state index contributed by atoms with van der Waals surface area (Å²) in [4.78, 5) is 0.336. The molecule has 0 aliphatic heterocycles. The van der Waals surface area contributed by atoms with Gasteiger partial charge in [-0.3, -0.25) is 0 Å². The quantitative estimate of drug-likeness (QED) is 0.596. The molecule has 21 heavy (non-hydrogen) atoms. The molecule has 0 amide bonds. The van der Waals surface area contributed by atoms with Gasteiger partial charge in [0.1, 0.15) is 0 Å². The molecule has 8 atom stereocenters. The predicted molar refractivity (Wildman–Crippen MR) is 90.4 cm³/mol. The average molecular weight is 355 g/mol. The van der Waals surface area contributed by atoms with Gasteiger partial charge in [-0.15, -0.1) is 0 Å². The molecule has 0 bridgehead atoms. The zero-order chi connectivity index (χ0) is 14.8. The molecule has 120 valence electrons. The van der Waals surface area contributed by atoms with Gasteiger partial charge in [0.2, 0.25) is 0 Å². The lowest BCUT2D eigenvalue weighted by molar-refractivity contribution is -0.120. The van der Waals surface area contributed by atoms with E-state index in [1.54, 1.807) is 0 Å². The van der Waals surface area contributed by atoms with Crippen LogP contribution in [0.1, 0.15) is 71.6 Å². The first-order valence-electron chi connectivity index (χ1n) is 9.29. The van der Waals surface area contributed by atoms with Crippen LogP contribution in [0, 0.1) is 34.5 Å². The van der Waals surface area contributed by atoms with E-state index in [1.807, 2.05) is 0 Å². The Morgan fingerprint density at radius 2 is 1.71 bits per heavy atom. The van der Waals surface area contributed by atoms with Crippen LogP contribution in [-0.4, -0.2) is 16.0 Å². The zero-order valence-electron chi connectivity index (χ0n) is 13.7. The fraction of sp³-hybridized carbons (Fsp3) is 1.00. The summed E-state index contributed by atoms with van der Waals surface area (Å²) in [5, 5.41) is 10.7. The van der Waals surface area contributed by atoms with Gasteiger partial charge in [-0.25, -0.2) is 0 Å². The molecule has 4 aliphatic rings. The number of alkyl halides is 1. The molecule has 1 nitrogen and oxygen atoms in total. The van der Waals surface area contributed by atoms with Crippen molar-refractivity contribution in [2.75, 3.05) is 0 Å². The van der Waals surface area contributed by atoms with E-state index in [4.69, 9.17) is 0 Å². The average Bonchev–Trinajstić information content (AvgIpc) is 2.70. The van der Waals surface area contributed by atoms with Gasteiger partial charge in [-0.05, 0) is 79.4 Å². The third-order valence-corrected chi connectivity index (χ3v) is 9.39. The minimum absolute atomic E-state index is 0.125. The minimum atomic E-state index is -0.125. The second-order valence-electron chi connectivity index (χ2n) is 9.14. The molecular weight excluding hydrogens is 324 g/mol. The third kappa shape index (κ3) is 1.97. The normalized spacial score (nSPS) is 60.0. The van der Waals surface area contributed by atoms with Crippen LogP contribution in [0.5, 0.6) is 0 Å². The lowest BCUT2D eigenvalue weighted by Crippen LogP contribution is -2.53. The molecule has 0 unspecified atom stereocenters. The van der Waals surface area contributed by atoms with Gasteiger partial charge < -0.3 is 5.11 Å². The largest absolute Gasteiger partial charge is 0.391 e. The maximum Gasteiger partial charge on any atom is 0.0721 e. The van der Waals surface area contributed by atoms with Crippen molar-refractivity contribution in [2.45, 2.75) is 82.6 Å². The van der Waals surface area contributed by atoms with Gasteiger partial charge in [0.05, 0.1) is 6.10 Å². The van der Waals surface area contributed by atoms with Crippen molar-refractivity contribution in [3.8, 4) is 0 Å². The maximum atomic E-state index is 10.7. The number of halogens is 1. The zero-order valence-corrected chi connectivity index (χ0v) is 15.2. The highest BCUT2D eigenvalue weighted by Gasteiger charge is 2.61. The number of rotatable bonds is 0.